The average Bonchev–Trinajstić information content (AvgIpc) is 2.40. The van der Waals surface area contributed by atoms with Gasteiger partial charge in [0.15, 0.2) is 0 Å². The SMILES string of the molecule is CC(O)c1ccc(Br)cc1.CC(O)c1ccc(Br)cc1. The van der Waals surface area contributed by atoms with Crippen LogP contribution in [-0.4, -0.2) is 10.2 Å². The van der Waals surface area contributed by atoms with Gasteiger partial charge in [0.1, 0.15) is 0 Å². The van der Waals surface area contributed by atoms with Crippen LogP contribution in [0.5, 0.6) is 0 Å². The van der Waals surface area contributed by atoms with Gasteiger partial charge >= 0.3 is 0 Å². The molecule has 2 atom stereocenters. The molecule has 0 amide bonds. The predicted octanol–water partition coefficient (Wildman–Crippen LogP) is 5.00. The van der Waals surface area contributed by atoms with Crippen molar-refractivity contribution < 1.29 is 10.2 Å². The van der Waals surface area contributed by atoms with Crippen LogP contribution in [0.25, 0.3) is 0 Å². The van der Waals surface area contributed by atoms with Crippen LogP contribution in [0.1, 0.15) is 37.2 Å². The van der Waals surface area contributed by atoms with Gasteiger partial charge in [-0.2, -0.15) is 0 Å². The highest BCUT2D eigenvalue weighted by Gasteiger charge is 1.98. The van der Waals surface area contributed by atoms with E-state index in [1.54, 1.807) is 13.8 Å². The molecule has 2 rings (SSSR count). The minimum atomic E-state index is -0.368. The molecule has 0 spiro atoms. The van der Waals surface area contributed by atoms with Gasteiger partial charge in [-0.15, -0.1) is 0 Å². The second-order valence-electron chi connectivity index (χ2n) is 4.46. The maximum atomic E-state index is 9.10. The van der Waals surface area contributed by atoms with E-state index in [0.29, 0.717) is 0 Å². The third-order valence-corrected chi connectivity index (χ3v) is 3.76. The van der Waals surface area contributed by atoms with Crippen molar-refractivity contribution in [2.45, 2.75) is 26.1 Å². The van der Waals surface area contributed by atoms with Gasteiger partial charge in [0.25, 0.3) is 0 Å². The number of rotatable bonds is 2. The van der Waals surface area contributed by atoms with Crippen LogP contribution in [-0.2, 0) is 0 Å². The largest absolute Gasteiger partial charge is 0.389 e. The number of halogens is 2. The molecule has 0 heterocycles. The zero-order valence-electron chi connectivity index (χ0n) is 11.4. The van der Waals surface area contributed by atoms with Crippen LogP contribution >= 0.6 is 31.9 Å². The summed E-state index contributed by atoms with van der Waals surface area (Å²) >= 11 is 6.63. The highest BCUT2D eigenvalue weighted by molar-refractivity contribution is 9.10. The Kier molecular flexibility index (Phi) is 7.45. The summed E-state index contributed by atoms with van der Waals surface area (Å²) in [6, 6.07) is 15.3. The first-order valence-electron chi connectivity index (χ1n) is 6.27. The van der Waals surface area contributed by atoms with E-state index in [4.69, 9.17) is 10.2 Å². The van der Waals surface area contributed by atoms with E-state index >= 15 is 0 Å². The fourth-order valence-corrected chi connectivity index (χ4v) is 2.01. The molecule has 2 nitrogen and oxygen atoms in total. The summed E-state index contributed by atoms with van der Waals surface area (Å²) in [5.74, 6) is 0. The Hall–Kier alpha value is -0.680. The van der Waals surface area contributed by atoms with Gasteiger partial charge in [-0.3, -0.25) is 0 Å². The van der Waals surface area contributed by atoms with Crippen molar-refractivity contribution in [3.8, 4) is 0 Å². The standard InChI is InChI=1S/2C8H9BrO/c2*1-6(10)7-2-4-8(9)5-3-7/h2*2-6,10H,1H3. The minimum Gasteiger partial charge on any atom is -0.389 e. The quantitative estimate of drug-likeness (QED) is 0.742. The first kappa shape index (κ1) is 17.4. The van der Waals surface area contributed by atoms with Gasteiger partial charge in [0.05, 0.1) is 12.2 Å². The van der Waals surface area contributed by atoms with Crippen molar-refractivity contribution in [2.24, 2.45) is 0 Å². The van der Waals surface area contributed by atoms with E-state index in [-0.39, 0.29) is 12.2 Å². The molecule has 0 bridgehead atoms. The van der Waals surface area contributed by atoms with E-state index in [0.717, 1.165) is 20.1 Å². The number of aliphatic hydroxyl groups excluding tert-OH is 2. The Morgan fingerprint density at radius 3 is 1.10 bits per heavy atom. The molecule has 2 aromatic rings. The Bertz CT molecular complexity index is 456. The third-order valence-electron chi connectivity index (χ3n) is 2.70. The average molecular weight is 402 g/mol. The lowest BCUT2D eigenvalue weighted by Gasteiger charge is -2.02. The van der Waals surface area contributed by atoms with Crippen LogP contribution < -0.4 is 0 Å². The molecular weight excluding hydrogens is 384 g/mol. The van der Waals surface area contributed by atoms with Gasteiger partial charge in [-0.05, 0) is 49.2 Å². The van der Waals surface area contributed by atoms with Crippen molar-refractivity contribution in [3.05, 3.63) is 68.6 Å². The summed E-state index contributed by atoms with van der Waals surface area (Å²) in [4.78, 5) is 0. The molecule has 20 heavy (non-hydrogen) atoms. The maximum absolute atomic E-state index is 9.10. The molecule has 0 radical (unpaired) electrons. The second kappa shape index (κ2) is 8.57. The van der Waals surface area contributed by atoms with Crippen molar-refractivity contribution in [1.29, 1.82) is 0 Å². The van der Waals surface area contributed by atoms with E-state index in [2.05, 4.69) is 31.9 Å². The maximum Gasteiger partial charge on any atom is 0.0761 e. The smallest absolute Gasteiger partial charge is 0.0761 e. The monoisotopic (exact) mass is 400 g/mol. The third kappa shape index (κ3) is 6.18. The number of hydrogen-bond acceptors (Lipinski definition) is 2. The summed E-state index contributed by atoms with van der Waals surface area (Å²) in [7, 11) is 0. The first-order valence-corrected chi connectivity index (χ1v) is 7.86. The molecule has 2 unspecified atom stereocenters. The molecule has 0 aliphatic rings. The van der Waals surface area contributed by atoms with Crippen molar-refractivity contribution in [3.63, 3.8) is 0 Å². The van der Waals surface area contributed by atoms with E-state index < -0.39 is 0 Å². The summed E-state index contributed by atoms with van der Waals surface area (Å²) in [5.41, 5.74) is 1.89. The van der Waals surface area contributed by atoms with Gasteiger partial charge in [-0.25, -0.2) is 0 Å². The van der Waals surface area contributed by atoms with Crippen LogP contribution in [0, 0.1) is 0 Å². The van der Waals surface area contributed by atoms with Gasteiger partial charge in [0.2, 0.25) is 0 Å². The van der Waals surface area contributed by atoms with E-state index in [9.17, 15) is 0 Å². The number of benzene rings is 2. The Morgan fingerprint density at radius 1 is 0.650 bits per heavy atom. The predicted molar refractivity (Wildman–Crippen MR) is 89.6 cm³/mol. The number of hydrogen-bond donors (Lipinski definition) is 2. The van der Waals surface area contributed by atoms with Gasteiger partial charge < -0.3 is 10.2 Å². The molecule has 0 saturated carbocycles. The fourth-order valence-electron chi connectivity index (χ4n) is 1.48. The minimum absolute atomic E-state index is 0.368. The lowest BCUT2D eigenvalue weighted by atomic mass is 10.1. The van der Waals surface area contributed by atoms with Gasteiger partial charge in [0, 0.05) is 8.95 Å². The Balaban J connectivity index is 0.000000200. The molecular formula is C16H18Br2O2. The summed E-state index contributed by atoms with van der Waals surface area (Å²) in [6.45, 7) is 3.51. The van der Waals surface area contributed by atoms with Crippen LogP contribution in [0.3, 0.4) is 0 Å². The highest BCUT2D eigenvalue weighted by Crippen LogP contribution is 2.16. The van der Waals surface area contributed by atoms with E-state index in [1.165, 1.54) is 0 Å². The molecule has 0 aliphatic heterocycles. The molecule has 0 saturated heterocycles. The normalized spacial score (nSPS) is 13.1. The molecule has 0 aromatic heterocycles. The molecule has 2 N–H and O–H groups in total. The Labute approximate surface area is 136 Å². The lowest BCUT2D eigenvalue weighted by molar-refractivity contribution is 0.199. The topological polar surface area (TPSA) is 40.5 Å². The highest BCUT2D eigenvalue weighted by atomic mass is 79.9. The summed E-state index contributed by atoms with van der Waals surface area (Å²) < 4.78 is 2.08. The summed E-state index contributed by atoms with van der Waals surface area (Å²) in [6.07, 6.45) is -0.735. The first-order chi connectivity index (χ1) is 9.40. The van der Waals surface area contributed by atoms with E-state index in [1.807, 2.05) is 48.5 Å². The molecule has 2 aromatic carbocycles. The molecule has 0 aliphatic carbocycles. The van der Waals surface area contributed by atoms with Crippen LogP contribution in [0.2, 0.25) is 0 Å². The fraction of sp³-hybridized carbons (Fsp3) is 0.250. The number of aliphatic hydroxyl groups is 2. The molecule has 108 valence electrons. The van der Waals surface area contributed by atoms with Crippen molar-refractivity contribution >= 4 is 31.9 Å². The lowest BCUT2D eigenvalue weighted by Crippen LogP contribution is -1.88. The second-order valence-corrected chi connectivity index (χ2v) is 6.29. The Morgan fingerprint density at radius 2 is 0.900 bits per heavy atom. The van der Waals surface area contributed by atoms with Crippen molar-refractivity contribution in [1.82, 2.24) is 0 Å². The van der Waals surface area contributed by atoms with Crippen LogP contribution in [0.4, 0.5) is 0 Å². The van der Waals surface area contributed by atoms with Gasteiger partial charge in [-0.1, -0.05) is 56.1 Å². The van der Waals surface area contributed by atoms with Crippen LogP contribution in [0.15, 0.2) is 57.5 Å². The molecule has 4 heteroatoms. The van der Waals surface area contributed by atoms with Crippen molar-refractivity contribution in [2.75, 3.05) is 0 Å². The zero-order valence-corrected chi connectivity index (χ0v) is 14.6. The molecule has 0 fully saturated rings. The zero-order chi connectivity index (χ0) is 15.1. The summed E-state index contributed by atoms with van der Waals surface area (Å²) in [5, 5.41) is 18.2.